The molecule has 32 heavy (non-hydrogen) atoms. The Balaban J connectivity index is 1.37. The zero-order valence-corrected chi connectivity index (χ0v) is 17.1. The maximum Gasteiger partial charge on any atom is 0.257 e. The Kier molecular flexibility index (Phi) is 4.85. The summed E-state index contributed by atoms with van der Waals surface area (Å²) in [4.78, 5) is 12.6. The van der Waals surface area contributed by atoms with Gasteiger partial charge in [0.15, 0.2) is 0 Å². The molecule has 0 saturated heterocycles. The lowest BCUT2D eigenvalue weighted by Gasteiger charge is -2.13. The molecule has 154 valence electrons. The predicted octanol–water partition coefficient (Wildman–Crippen LogP) is 5.99. The van der Waals surface area contributed by atoms with Crippen molar-refractivity contribution in [2.45, 2.75) is 6.42 Å². The summed E-state index contributed by atoms with van der Waals surface area (Å²) in [5, 5.41) is 13.2. The first-order valence-electron chi connectivity index (χ1n) is 10.2. The normalized spacial score (nSPS) is 11.2. The van der Waals surface area contributed by atoms with Gasteiger partial charge in [-0.05, 0) is 47.0 Å². The zero-order chi connectivity index (χ0) is 22.1. The van der Waals surface area contributed by atoms with Gasteiger partial charge in [-0.1, -0.05) is 54.5 Å². The molecule has 1 amide bonds. The van der Waals surface area contributed by atoms with E-state index in [2.05, 4.69) is 29.4 Å². The average molecular weight is 417 g/mol. The topological polar surface area (TPSA) is 58.6 Å². The van der Waals surface area contributed by atoms with Crippen LogP contribution in [0.3, 0.4) is 0 Å². The Morgan fingerprint density at radius 1 is 0.938 bits per heavy atom. The molecular formula is C28H19NO3. The van der Waals surface area contributed by atoms with Crippen molar-refractivity contribution in [3.05, 3.63) is 107 Å². The second kappa shape index (κ2) is 7.98. The summed E-state index contributed by atoms with van der Waals surface area (Å²) < 4.78 is 6.12. The molecule has 0 spiro atoms. The molecule has 4 aromatic carbocycles. The Hall–Kier alpha value is -4.49. The summed E-state index contributed by atoms with van der Waals surface area (Å²) in [6, 6.07) is 26.0. The van der Waals surface area contributed by atoms with Crippen molar-refractivity contribution in [3.8, 4) is 40.7 Å². The number of phenols is 1. The summed E-state index contributed by atoms with van der Waals surface area (Å²) in [6.07, 6.45) is 6.28. The van der Waals surface area contributed by atoms with Gasteiger partial charge in [0.25, 0.3) is 5.91 Å². The van der Waals surface area contributed by atoms with E-state index in [0.29, 0.717) is 16.9 Å². The fourth-order valence-corrected chi connectivity index (χ4v) is 4.03. The third kappa shape index (κ3) is 3.46. The number of amides is 1. The minimum absolute atomic E-state index is 0.0927. The first kappa shape index (κ1) is 19.5. The van der Waals surface area contributed by atoms with Crippen LogP contribution < -0.4 is 10.1 Å². The van der Waals surface area contributed by atoms with E-state index in [0.717, 1.165) is 17.7 Å². The second-order valence-electron chi connectivity index (χ2n) is 7.54. The number of carbonyl (C=O) groups excluding carboxylic acids is 1. The van der Waals surface area contributed by atoms with Crippen molar-refractivity contribution in [2.75, 3.05) is 5.32 Å². The van der Waals surface area contributed by atoms with E-state index in [-0.39, 0.29) is 17.3 Å². The van der Waals surface area contributed by atoms with Crippen LogP contribution >= 0.6 is 0 Å². The smallest absolute Gasteiger partial charge is 0.257 e. The second-order valence-corrected chi connectivity index (χ2v) is 7.54. The molecule has 2 N–H and O–H groups in total. The van der Waals surface area contributed by atoms with E-state index in [9.17, 15) is 9.90 Å². The van der Waals surface area contributed by atoms with Crippen LogP contribution in [0.5, 0.6) is 17.2 Å². The number of carbonyl (C=O) groups is 1. The standard InChI is InChI=1S/C28H19NO3/c1-2-18-8-3-6-11-22(18)28(31)29-25-15-14-20(17-26(25)30)32-27-13-7-12-23-21-10-5-4-9-19(21)16-24(23)27/h1,3-15,17,30H,16H2,(H,29,31). The van der Waals surface area contributed by atoms with Crippen LogP contribution in [-0.4, -0.2) is 11.0 Å². The SMILES string of the molecule is C#Cc1ccccc1C(=O)Nc1ccc(Oc2cccc3c2Cc2ccccc2-3)cc1O. The van der Waals surface area contributed by atoms with Crippen molar-refractivity contribution in [3.63, 3.8) is 0 Å². The van der Waals surface area contributed by atoms with Gasteiger partial charge in [-0.2, -0.15) is 0 Å². The molecule has 5 rings (SSSR count). The van der Waals surface area contributed by atoms with Gasteiger partial charge in [-0.15, -0.1) is 6.42 Å². The molecule has 0 unspecified atom stereocenters. The molecule has 1 aliphatic rings. The van der Waals surface area contributed by atoms with Gasteiger partial charge in [-0.3, -0.25) is 4.79 Å². The number of benzene rings is 4. The van der Waals surface area contributed by atoms with Gasteiger partial charge in [-0.25, -0.2) is 0 Å². The van der Waals surface area contributed by atoms with Crippen molar-refractivity contribution >= 4 is 11.6 Å². The van der Waals surface area contributed by atoms with Crippen molar-refractivity contribution < 1.29 is 14.6 Å². The lowest BCUT2D eigenvalue weighted by molar-refractivity contribution is 0.102. The zero-order valence-electron chi connectivity index (χ0n) is 17.1. The summed E-state index contributed by atoms with van der Waals surface area (Å²) in [5.41, 5.74) is 5.92. The monoisotopic (exact) mass is 417 g/mol. The summed E-state index contributed by atoms with van der Waals surface area (Å²) in [6.45, 7) is 0. The molecular weight excluding hydrogens is 398 g/mol. The van der Waals surface area contributed by atoms with E-state index < -0.39 is 0 Å². The fraction of sp³-hybridized carbons (Fsp3) is 0.0357. The number of rotatable bonds is 4. The number of terminal acetylenes is 1. The molecule has 0 atom stereocenters. The van der Waals surface area contributed by atoms with Crippen molar-refractivity contribution in [1.29, 1.82) is 0 Å². The Bertz CT molecular complexity index is 1400. The molecule has 0 fully saturated rings. The molecule has 4 aromatic rings. The van der Waals surface area contributed by atoms with Gasteiger partial charge >= 0.3 is 0 Å². The predicted molar refractivity (Wildman–Crippen MR) is 125 cm³/mol. The number of anilines is 1. The molecule has 1 aliphatic carbocycles. The van der Waals surface area contributed by atoms with Crippen LogP contribution in [-0.2, 0) is 6.42 Å². The maximum atomic E-state index is 12.6. The van der Waals surface area contributed by atoms with Gasteiger partial charge in [0.2, 0.25) is 0 Å². The minimum Gasteiger partial charge on any atom is -0.506 e. The lowest BCUT2D eigenvalue weighted by Crippen LogP contribution is -2.13. The van der Waals surface area contributed by atoms with E-state index in [1.54, 1.807) is 36.4 Å². The highest BCUT2D eigenvalue weighted by atomic mass is 16.5. The molecule has 0 radical (unpaired) electrons. The van der Waals surface area contributed by atoms with Crippen molar-refractivity contribution in [2.24, 2.45) is 0 Å². The highest BCUT2D eigenvalue weighted by Crippen LogP contribution is 2.42. The van der Waals surface area contributed by atoms with Crippen LogP contribution in [0.15, 0.2) is 84.9 Å². The molecule has 0 heterocycles. The lowest BCUT2D eigenvalue weighted by atomic mass is 10.1. The first-order valence-corrected chi connectivity index (χ1v) is 10.2. The molecule has 0 aliphatic heterocycles. The van der Waals surface area contributed by atoms with Gasteiger partial charge < -0.3 is 15.2 Å². The quantitative estimate of drug-likeness (QED) is 0.279. The average Bonchev–Trinajstić information content (AvgIpc) is 3.20. The first-order chi connectivity index (χ1) is 15.6. The number of nitrogens with one attached hydrogen (secondary N) is 1. The Morgan fingerprint density at radius 3 is 2.56 bits per heavy atom. The van der Waals surface area contributed by atoms with E-state index in [1.807, 2.05) is 24.3 Å². The van der Waals surface area contributed by atoms with E-state index in [1.165, 1.54) is 22.8 Å². The molecule has 4 nitrogen and oxygen atoms in total. The summed E-state index contributed by atoms with van der Waals surface area (Å²) >= 11 is 0. The number of fused-ring (bicyclic) bond motifs is 3. The molecule has 0 saturated carbocycles. The number of hydrogen-bond acceptors (Lipinski definition) is 3. The Morgan fingerprint density at radius 2 is 1.72 bits per heavy atom. The molecule has 4 heteroatoms. The third-order valence-corrected chi connectivity index (χ3v) is 5.58. The molecule has 0 bridgehead atoms. The summed E-state index contributed by atoms with van der Waals surface area (Å²) in [7, 11) is 0. The van der Waals surface area contributed by atoms with E-state index in [4.69, 9.17) is 11.2 Å². The number of ether oxygens (including phenoxy) is 1. The summed E-state index contributed by atoms with van der Waals surface area (Å²) in [5.74, 6) is 3.24. The Labute approximate surface area is 186 Å². The van der Waals surface area contributed by atoms with Crippen LogP contribution in [0.2, 0.25) is 0 Å². The fourth-order valence-electron chi connectivity index (χ4n) is 4.03. The third-order valence-electron chi connectivity index (χ3n) is 5.58. The van der Waals surface area contributed by atoms with Gasteiger partial charge in [0.05, 0.1) is 11.3 Å². The highest BCUT2D eigenvalue weighted by molar-refractivity contribution is 6.06. The van der Waals surface area contributed by atoms with Gasteiger partial charge in [0, 0.05) is 23.6 Å². The van der Waals surface area contributed by atoms with Crippen molar-refractivity contribution in [1.82, 2.24) is 0 Å². The van der Waals surface area contributed by atoms with Crippen LogP contribution in [0.4, 0.5) is 5.69 Å². The van der Waals surface area contributed by atoms with Crippen LogP contribution in [0.25, 0.3) is 11.1 Å². The number of hydrogen-bond donors (Lipinski definition) is 2. The van der Waals surface area contributed by atoms with Gasteiger partial charge in [0.1, 0.15) is 17.2 Å². The highest BCUT2D eigenvalue weighted by Gasteiger charge is 2.21. The molecule has 0 aromatic heterocycles. The largest absolute Gasteiger partial charge is 0.506 e. The minimum atomic E-state index is -0.388. The number of phenolic OH excluding ortho intramolecular Hbond substituents is 1. The number of aromatic hydroxyl groups is 1. The van der Waals surface area contributed by atoms with Crippen LogP contribution in [0.1, 0.15) is 27.0 Å². The maximum absolute atomic E-state index is 12.6. The van der Waals surface area contributed by atoms with E-state index >= 15 is 0 Å². The van der Waals surface area contributed by atoms with Crippen LogP contribution in [0, 0.1) is 12.3 Å².